The van der Waals surface area contributed by atoms with Crippen molar-refractivity contribution in [2.45, 2.75) is 228 Å². The van der Waals surface area contributed by atoms with Gasteiger partial charge in [-0.3, -0.25) is 0 Å². The van der Waals surface area contributed by atoms with Crippen molar-refractivity contribution in [3.8, 4) is 0 Å². The molecule has 0 saturated heterocycles. The Morgan fingerprint density at radius 3 is 0.667 bits per heavy atom. The number of hydrogen-bond acceptors (Lipinski definition) is 0. The SMILES string of the molecule is CCC[CH2][Sn]([CH2]CCC)[CH2]CCC.CCC[CH2][Sn]([CH2]CCC)[CH2]CCC.Cc1cc(C)c(PP(c2c(C)cc(C)cc2C)P(Pc2c(C)cc(C)cc2C)c2c(C)cc(C)cc2C)c(C)c1. The predicted octanol–water partition coefficient (Wildman–Crippen LogP) is 19.8. The van der Waals surface area contributed by atoms with Gasteiger partial charge >= 0.3 is 185 Å². The van der Waals surface area contributed by atoms with E-state index in [0.717, 1.165) is 16.5 Å². The van der Waals surface area contributed by atoms with Gasteiger partial charge in [-0.15, -0.1) is 0 Å². The zero-order valence-corrected chi connectivity index (χ0v) is 55.7. The van der Waals surface area contributed by atoms with E-state index >= 15 is 0 Å². The normalized spacial score (nSPS) is 12.6. The molecule has 4 atom stereocenters. The van der Waals surface area contributed by atoms with Crippen LogP contribution < -0.4 is 21.2 Å². The maximum Gasteiger partial charge on any atom is -0.00885 e. The van der Waals surface area contributed by atoms with Crippen LogP contribution in [0.15, 0.2) is 48.5 Å². The molecule has 0 spiro atoms. The van der Waals surface area contributed by atoms with Crippen molar-refractivity contribution in [2.24, 2.45) is 0 Å². The molecule has 0 heterocycles. The Labute approximate surface area is 431 Å². The molecule has 4 unspecified atom stereocenters. The first-order valence-electron chi connectivity index (χ1n) is 26.6. The molecule has 0 saturated carbocycles. The molecule has 368 valence electrons. The van der Waals surface area contributed by atoms with Gasteiger partial charge in [0.2, 0.25) is 0 Å². The monoisotopic (exact) mass is 1180 g/mol. The van der Waals surface area contributed by atoms with Gasteiger partial charge in [0, 0.05) is 0 Å². The molecule has 6 heteroatoms. The van der Waals surface area contributed by atoms with Crippen molar-refractivity contribution in [2.75, 3.05) is 0 Å². The molecule has 0 nitrogen and oxygen atoms in total. The van der Waals surface area contributed by atoms with Gasteiger partial charge in [0.1, 0.15) is 0 Å². The summed E-state index contributed by atoms with van der Waals surface area (Å²) in [6.07, 6.45) is 17.7. The van der Waals surface area contributed by atoms with Gasteiger partial charge in [0.15, 0.2) is 0 Å². The van der Waals surface area contributed by atoms with Gasteiger partial charge in [0.05, 0.1) is 0 Å². The largest absolute Gasteiger partial charge is 0.0557 e. The smallest absolute Gasteiger partial charge is 0.00885 e. The fourth-order valence-corrected chi connectivity index (χ4v) is 50.4. The molecule has 66 heavy (non-hydrogen) atoms. The van der Waals surface area contributed by atoms with E-state index < -0.39 is 54.1 Å². The van der Waals surface area contributed by atoms with Crippen molar-refractivity contribution in [1.29, 1.82) is 0 Å². The molecule has 2 radical (unpaired) electrons. The molecule has 0 amide bonds. The molecular formula is C60H100P4Sn2. The van der Waals surface area contributed by atoms with Crippen LogP contribution in [0.2, 0.25) is 26.6 Å². The minimum absolute atomic E-state index is 0.461. The van der Waals surface area contributed by atoms with E-state index in [2.05, 4.69) is 173 Å². The molecule has 0 aliphatic rings. The molecular weight excluding hydrogens is 1080 g/mol. The van der Waals surface area contributed by atoms with Crippen molar-refractivity contribution in [3.63, 3.8) is 0 Å². The van der Waals surface area contributed by atoms with Crippen LogP contribution in [0.1, 0.15) is 185 Å². The molecule has 4 aromatic rings. The van der Waals surface area contributed by atoms with Crippen LogP contribution >= 0.6 is 31.1 Å². The summed E-state index contributed by atoms with van der Waals surface area (Å²) >= 11 is -1.68. The summed E-state index contributed by atoms with van der Waals surface area (Å²) in [5.41, 5.74) is 17.3. The zero-order chi connectivity index (χ0) is 49.3. The Morgan fingerprint density at radius 2 is 0.485 bits per heavy atom. The van der Waals surface area contributed by atoms with E-state index in [-0.39, 0.29) is 0 Å². The summed E-state index contributed by atoms with van der Waals surface area (Å²) in [5.74, 6) is 0. The number of rotatable bonds is 25. The summed E-state index contributed by atoms with van der Waals surface area (Å²) < 4.78 is 10.1. The average Bonchev–Trinajstić information content (AvgIpc) is 3.24. The maximum atomic E-state index is 2.44. The van der Waals surface area contributed by atoms with Gasteiger partial charge in [-0.05, 0) is 163 Å². The van der Waals surface area contributed by atoms with Gasteiger partial charge in [-0.2, -0.15) is 0 Å². The standard InChI is InChI=1S/C36H46P4.6C4H9.2Sn/c1-21-13-25(5)33(26(6)14-21)37-39(35-29(9)17-23(3)18-30(35)10)40(36-31(11)19-24(4)20-32(36)12)38-34-27(7)15-22(2)16-28(34)8;6*1-3-4-2;;/h13-20,37-38H,1-12H3;6*1,3-4H2,2H3;;. The van der Waals surface area contributed by atoms with Gasteiger partial charge < -0.3 is 0 Å². The molecule has 0 bridgehead atoms. The van der Waals surface area contributed by atoms with E-state index in [1.54, 1.807) is 47.8 Å². The fourth-order valence-electron chi connectivity index (χ4n) is 9.66. The maximum absolute atomic E-state index is 2.44. The quantitative estimate of drug-likeness (QED) is 0.0458. The predicted molar refractivity (Wildman–Crippen MR) is 321 cm³/mol. The third-order valence-corrected chi connectivity index (χ3v) is 49.8. The Kier molecular flexibility index (Phi) is 32.6. The second-order valence-electron chi connectivity index (χ2n) is 20.0. The third kappa shape index (κ3) is 21.9. The summed E-state index contributed by atoms with van der Waals surface area (Å²) in [4.78, 5) is 0. The van der Waals surface area contributed by atoms with Crippen LogP contribution in [0.25, 0.3) is 0 Å². The van der Waals surface area contributed by atoms with Crippen LogP contribution in [-0.4, -0.2) is 39.5 Å². The molecule has 0 aliphatic heterocycles. The van der Waals surface area contributed by atoms with Crippen LogP contribution in [-0.2, 0) is 0 Å². The third-order valence-electron chi connectivity index (χ3n) is 13.0. The zero-order valence-electron chi connectivity index (χ0n) is 46.2. The Hall–Kier alpha value is 0.197. The second-order valence-corrected chi connectivity index (χ2v) is 49.4. The average molecular weight is 1180 g/mol. The minimum atomic E-state index is -0.839. The van der Waals surface area contributed by atoms with E-state index in [1.165, 1.54) is 144 Å². The van der Waals surface area contributed by atoms with Crippen LogP contribution in [0.4, 0.5) is 0 Å². The van der Waals surface area contributed by atoms with E-state index in [0.29, 0.717) is 0 Å². The minimum Gasteiger partial charge on any atom is -0.0557 e. The molecule has 0 aliphatic carbocycles. The summed E-state index contributed by atoms with van der Waals surface area (Å²) in [6, 6.07) is 19.3. The van der Waals surface area contributed by atoms with E-state index in [9.17, 15) is 0 Å². The van der Waals surface area contributed by atoms with Crippen molar-refractivity contribution >= 4 is 91.9 Å². The molecule has 0 N–H and O–H groups in total. The van der Waals surface area contributed by atoms with Crippen LogP contribution in [0, 0.1) is 83.1 Å². The molecule has 4 rings (SSSR count). The van der Waals surface area contributed by atoms with Crippen molar-refractivity contribution < 1.29 is 0 Å². The molecule has 0 aromatic heterocycles. The number of aryl methyl sites for hydroxylation is 12. The Morgan fingerprint density at radius 1 is 0.303 bits per heavy atom. The van der Waals surface area contributed by atoms with Crippen molar-refractivity contribution in [1.82, 2.24) is 0 Å². The number of hydrogen-bond donors (Lipinski definition) is 0. The second kappa shape index (κ2) is 34.5. The topological polar surface area (TPSA) is 0 Å². The first kappa shape index (κ1) is 62.3. The number of benzene rings is 4. The van der Waals surface area contributed by atoms with E-state index in [1.807, 2.05) is 0 Å². The molecule has 0 fully saturated rings. The first-order chi connectivity index (χ1) is 31.5. The van der Waals surface area contributed by atoms with Gasteiger partial charge in [-0.1, -0.05) is 87.3 Å². The summed E-state index contributed by atoms with van der Waals surface area (Å²) in [7, 11) is 0.670. The van der Waals surface area contributed by atoms with Gasteiger partial charge in [-0.25, -0.2) is 0 Å². The molecule has 4 aromatic carbocycles. The van der Waals surface area contributed by atoms with Crippen LogP contribution in [0.5, 0.6) is 0 Å². The first-order valence-corrected chi connectivity index (χ1v) is 45.8. The van der Waals surface area contributed by atoms with E-state index in [4.69, 9.17) is 0 Å². The van der Waals surface area contributed by atoms with Gasteiger partial charge in [0.25, 0.3) is 0 Å². The summed E-state index contributed by atoms with van der Waals surface area (Å²) in [5, 5.41) is 6.48. The fraction of sp³-hybridized carbons (Fsp3) is 0.600. The summed E-state index contributed by atoms with van der Waals surface area (Å²) in [6.45, 7) is 41.8. The van der Waals surface area contributed by atoms with Crippen molar-refractivity contribution in [3.05, 3.63) is 115 Å². The van der Waals surface area contributed by atoms with Crippen LogP contribution in [0.3, 0.4) is 0 Å². The Bertz CT molecular complexity index is 1730. The number of unbranched alkanes of at least 4 members (excludes halogenated alkanes) is 6. The Balaban J connectivity index is 0.000000470.